The van der Waals surface area contributed by atoms with Crippen LogP contribution in [0.5, 0.6) is 0 Å². The van der Waals surface area contributed by atoms with Gasteiger partial charge in [-0.1, -0.05) is 232 Å². The van der Waals surface area contributed by atoms with Crippen molar-refractivity contribution in [2.24, 2.45) is 0 Å². The molecular formula is C50H99NO9. The molecule has 0 saturated carbocycles. The molecule has 0 aromatic heterocycles. The maximum atomic E-state index is 13.0. The van der Waals surface area contributed by atoms with E-state index < -0.39 is 55.6 Å². The lowest BCUT2D eigenvalue weighted by Gasteiger charge is -2.40. The first-order valence-corrected chi connectivity index (χ1v) is 25.8. The molecule has 1 saturated heterocycles. The van der Waals surface area contributed by atoms with Crippen molar-refractivity contribution in [3.8, 4) is 0 Å². The number of nitrogens with one attached hydrogen (secondary N) is 1. The third kappa shape index (κ3) is 30.3. The fourth-order valence-electron chi connectivity index (χ4n) is 8.61. The quantitative estimate of drug-likeness (QED) is 0.0295. The molecule has 0 aliphatic carbocycles. The lowest BCUT2D eigenvalue weighted by molar-refractivity contribution is -0.303. The summed E-state index contributed by atoms with van der Waals surface area (Å²) in [6, 6.07) is -0.985. The summed E-state index contributed by atoms with van der Waals surface area (Å²) in [6.07, 6.45) is 35.5. The van der Waals surface area contributed by atoms with Gasteiger partial charge in [0.15, 0.2) is 6.29 Å². The first-order valence-electron chi connectivity index (χ1n) is 25.8. The number of hydrogen-bond acceptors (Lipinski definition) is 9. The predicted octanol–water partition coefficient (Wildman–Crippen LogP) is 10.5. The maximum absolute atomic E-state index is 13.0. The van der Waals surface area contributed by atoms with E-state index in [9.17, 15) is 35.4 Å². The van der Waals surface area contributed by atoms with E-state index >= 15 is 0 Å². The van der Waals surface area contributed by atoms with E-state index in [1.54, 1.807) is 0 Å². The minimum Gasteiger partial charge on any atom is -0.394 e. The molecule has 1 fully saturated rings. The van der Waals surface area contributed by atoms with Crippen LogP contribution < -0.4 is 5.32 Å². The smallest absolute Gasteiger partial charge is 0.220 e. The van der Waals surface area contributed by atoms with Gasteiger partial charge in [-0.3, -0.25) is 4.79 Å². The normalized spacial score (nSPS) is 21.0. The number of carbonyl (C=O) groups excluding carboxylic acids is 1. The molecule has 1 rings (SSSR count). The molecule has 1 aliphatic heterocycles. The molecule has 8 atom stereocenters. The lowest BCUT2D eigenvalue weighted by atomic mass is 9.98. The van der Waals surface area contributed by atoms with Gasteiger partial charge in [-0.25, -0.2) is 0 Å². The zero-order chi connectivity index (χ0) is 43.9. The lowest BCUT2D eigenvalue weighted by Crippen LogP contribution is -2.60. The van der Waals surface area contributed by atoms with E-state index in [2.05, 4.69) is 19.2 Å². The van der Waals surface area contributed by atoms with Crippen molar-refractivity contribution >= 4 is 5.91 Å². The third-order valence-corrected chi connectivity index (χ3v) is 12.8. The maximum Gasteiger partial charge on any atom is 0.220 e. The van der Waals surface area contributed by atoms with E-state index in [1.807, 2.05) is 0 Å². The number of unbranched alkanes of at least 4 members (excludes halogenated alkanes) is 33. The molecule has 1 amide bonds. The molecule has 60 heavy (non-hydrogen) atoms. The second-order valence-corrected chi connectivity index (χ2v) is 18.5. The summed E-state index contributed by atoms with van der Waals surface area (Å²) in [5, 5.41) is 65.3. The summed E-state index contributed by atoms with van der Waals surface area (Å²) in [5.74, 6) is -0.252. The van der Waals surface area contributed by atoms with Gasteiger partial charge in [-0.05, 0) is 12.8 Å². The summed E-state index contributed by atoms with van der Waals surface area (Å²) in [4.78, 5) is 13.0. The van der Waals surface area contributed by atoms with Crippen molar-refractivity contribution in [3.63, 3.8) is 0 Å². The van der Waals surface area contributed by atoms with E-state index in [1.165, 1.54) is 186 Å². The Morgan fingerprint density at radius 1 is 0.517 bits per heavy atom. The Morgan fingerprint density at radius 3 is 1.23 bits per heavy atom. The molecule has 1 heterocycles. The van der Waals surface area contributed by atoms with Crippen LogP contribution in [0.25, 0.3) is 0 Å². The third-order valence-electron chi connectivity index (χ3n) is 12.8. The number of ether oxygens (including phenoxy) is 2. The van der Waals surface area contributed by atoms with Crippen molar-refractivity contribution in [1.82, 2.24) is 5.32 Å². The molecule has 358 valence electrons. The highest BCUT2D eigenvalue weighted by molar-refractivity contribution is 5.76. The Morgan fingerprint density at radius 2 is 0.867 bits per heavy atom. The van der Waals surface area contributed by atoms with Crippen molar-refractivity contribution in [2.75, 3.05) is 13.2 Å². The van der Waals surface area contributed by atoms with Crippen LogP contribution in [0, 0.1) is 0 Å². The van der Waals surface area contributed by atoms with Crippen molar-refractivity contribution < 1.29 is 44.9 Å². The van der Waals surface area contributed by atoms with Gasteiger partial charge in [0.1, 0.15) is 30.5 Å². The average Bonchev–Trinajstić information content (AvgIpc) is 3.25. The van der Waals surface area contributed by atoms with Crippen LogP contribution in [-0.2, 0) is 14.3 Å². The highest BCUT2D eigenvalue weighted by atomic mass is 16.7. The Hall–Kier alpha value is -0.850. The minimum absolute atomic E-state index is 0.252. The van der Waals surface area contributed by atoms with Gasteiger partial charge in [0.25, 0.3) is 0 Å². The standard InChI is InChI=1S/C50H99NO9/c1-3-5-7-9-11-13-15-17-18-19-20-21-22-23-24-25-26-27-29-31-33-35-37-39-45(54)51-42(41-59-50-49(58)48(57)47(56)44(40-52)60-50)46(55)43(53)38-36-34-32-30-28-16-14-12-10-8-6-4-2/h42-44,46-50,52-53,55-58H,3-41H2,1-2H3,(H,51,54)/t42-,43+,44?,46-,47?,48?,49-,50-/m0/s1. The van der Waals surface area contributed by atoms with Crippen molar-refractivity contribution in [3.05, 3.63) is 0 Å². The van der Waals surface area contributed by atoms with Gasteiger partial charge < -0.3 is 45.4 Å². The minimum atomic E-state index is -1.60. The molecule has 0 bridgehead atoms. The van der Waals surface area contributed by atoms with E-state index in [-0.39, 0.29) is 18.9 Å². The molecule has 10 nitrogen and oxygen atoms in total. The molecule has 10 heteroatoms. The topological polar surface area (TPSA) is 169 Å². The highest BCUT2D eigenvalue weighted by Gasteiger charge is 2.44. The Kier molecular flexibility index (Phi) is 39.0. The number of rotatable bonds is 44. The van der Waals surface area contributed by atoms with Crippen molar-refractivity contribution in [2.45, 2.75) is 300 Å². The first kappa shape index (κ1) is 57.2. The zero-order valence-corrected chi connectivity index (χ0v) is 39.1. The fraction of sp³-hybridized carbons (Fsp3) is 0.980. The Balaban J connectivity index is 2.26. The van der Waals surface area contributed by atoms with Crippen LogP contribution in [0.1, 0.15) is 251 Å². The summed E-state index contributed by atoms with van der Waals surface area (Å²) < 4.78 is 11.2. The molecule has 0 aromatic carbocycles. The predicted molar refractivity (Wildman–Crippen MR) is 246 cm³/mol. The van der Waals surface area contributed by atoms with Crippen LogP contribution in [0.4, 0.5) is 0 Å². The summed E-state index contributed by atoms with van der Waals surface area (Å²) in [5.41, 5.74) is 0. The second kappa shape index (κ2) is 40.9. The van der Waals surface area contributed by atoms with E-state index in [0.717, 1.165) is 38.5 Å². The van der Waals surface area contributed by atoms with Gasteiger partial charge >= 0.3 is 0 Å². The van der Waals surface area contributed by atoms with Crippen LogP contribution in [0.2, 0.25) is 0 Å². The second-order valence-electron chi connectivity index (χ2n) is 18.5. The summed E-state index contributed by atoms with van der Waals surface area (Å²) >= 11 is 0. The molecule has 3 unspecified atom stereocenters. The Labute approximate surface area is 368 Å². The van der Waals surface area contributed by atoms with Gasteiger partial charge in [0.05, 0.1) is 25.4 Å². The largest absolute Gasteiger partial charge is 0.394 e. The van der Waals surface area contributed by atoms with E-state index in [4.69, 9.17) is 9.47 Å². The van der Waals surface area contributed by atoms with Gasteiger partial charge in [-0.15, -0.1) is 0 Å². The van der Waals surface area contributed by atoms with Crippen molar-refractivity contribution in [1.29, 1.82) is 0 Å². The van der Waals surface area contributed by atoms with Crippen LogP contribution in [0.15, 0.2) is 0 Å². The van der Waals surface area contributed by atoms with E-state index in [0.29, 0.717) is 6.42 Å². The number of hydrogen-bond donors (Lipinski definition) is 7. The highest BCUT2D eigenvalue weighted by Crippen LogP contribution is 2.23. The fourth-order valence-corrected chi connectivity index (χ4v) is 8.61. The number of carbonyl (C=O) groups is 1. The van der Waals surface area contributed by atoms with Crippen LogP contribution in [0.3, 0.4) is 0 Å². The molecule has 1 aliphatic rings. The number of aliphatic hydroxyl groups excluding tert-OH is 6. The van der Waals surface area contributed by atoms with Crippen LogP contribution in [-0.4, -0.2) is 98.7 Å². The molecule has 0 radical (unpaired) electrons. The molecule has 0 aromatic rings. The molecular weight excluding hydrogens is 759 g/mol. The SMILES string of the molecule is CCCCCCCCCCCCCCCCCCCCCCCCCC(=O)N[C@@H](CO[C@H]1OC(CO)C(O)C(O)[C@@H]1O)[C@H](O)[C@H](O)CCCCCCCCCCCCCC. The Bertz CT molecular complexity index is 926. The van der Waals surface area contributed by atoms with Gasteiger partial charge in [0, 0.05) is 6.42 Å². The zero-order valence-electron chi connectivity index (χ0n) is 39.1. The summed E-state index contributed by atoms with van der Waals surface area (Å²) in [6.45, 7) is 3.63. The monoisotopic (exact) mass is 858 g/mol. The van der Waals surface area contributed by atoms with Gasteiger partial charge in [-0.2, -0.15) is 0 Å². The summed E-state index contributed by atoms with van der Waals surface area (Å²) in [7, 11) is 0. The number of aliphatic hydroxyl groups is 6. The molecule has 7 N–H and O–H groups in total. The average molecular weight is 858 g/mol. The molecule has 0 spiro atoms. The van der Waals surface area contributed by atoms with Crippen LogP contribution >= 0.6 is 0 Å². The van der Waals surface area contributed by atoms with Gasteiger partial charge in [0.2, 0.25) is 5.91 Å². The number of amides is 1. The first-order chi connectivity index (χ1) is 29.3.